The van der Waals surface area contributed by atoms with Gasteiger partial charge in [-0.25, -0.2) is 4.68 Å². The van der Waals surface area contributed by atoms with E-state index in [-0.39, 0.29) is 17.1 Å². The second-order valence-electron chi connectivity index (χ2n) is 9.51. The molecule has 1 atom stereocenters. The number of H-pyrrole nitrogens is 1. The molecule has 0 aliphatic heterocycles. The van der Waals surface area contributed by atoms with Crippen LogP contribution in [-0.4, -0.2) is 37.2 Å². The number of aromatic nitrogens is 5. The van der Waals surface area contributed by atoms with Gasteiger partial charge in [-0.05, 0) is 66.9 Å². The molecule has 0 bridgehead atoms. The van der Waals surface area contributed by atoms with Crippen LogP contribution < -0.4 is 10.3 Å². The van der Waals surface area contributed by atoms with Gasteiger partial charge in [-0.2, -0.15) is 0 Å². The van der Waals surface area contributed by atoms with Crippen molar-refractivity contribution in [3.8, 4) is 5.75 Å². The molecular formula is C27H34N6O2. The largest absolute Gasteiger partial charge is 0.497 e. The molecule has 0 fully saturated rings. The van der Waals surface area contributed by atoms with Gasteiger partial charge in [0.2, 0.25) is 0 Å². The zero-order chi connectivity index (χ0) is 25.0. The molecule has 2 aromatic heterocycles. The Bertz CT molecular complexity index is 1330. The van der Waals surface area contributed by atoms with Gasteiger partial charge < -0.3 is 9.72 Å². The number of aromatic amines is 1. The summed E-state index contributed by atoms with van der Waals surface area (Å²) in [5.74, 6) is 1.57. The average molecular weight is 475 g/mol. The third-order valence-corrected chi connectivity index (χ3v) is 6.79. The molecule has 184 valence electrons. The summed E-state index contributed by atoms with van der Waals surface area (Å²) in [5, 5.41) is 13.8. The van der Waals surface area contributed by atoms with E-state index < -0.39 is 0 Å². The van der Waals surface area contributed by atoms with E-state index in [1.807, 2.05) is 47.1 Å². The second kappa shape index (κ2) is 10.4. The maximum absolute atomic E-state index is 13.1. The lowest BCUT2D eigenvalue weighted by Crippen LogP contribution is -2.36. The van der Waals surface area contributed by atoms with Crippen LogP contribution >= 0.6 is 0 Å². The summed E-state index contributed by atoms with van der Waals surface area (Å²) in [5.41, 5.74) is 2.33. The highest BCUT2D eigenvalue weighted by molar-refractivity contribution is 5.80. The molecule has 1 N–H and O–H groups in total. The van der Waals surface area contributed by atoms with Gasteiger partial charge >= 0.3 is 0 Å². The van der Waals surface area contributed by atoms with Crippen molar-refractivity contribution in [1.29, 1.82) is 0 Å². The Balaban J connectivity index is 1.77. The molecule has 0 unspecified atom stereocenters. The Morgan fingerprint density at radius 3 is 2.54 bits per heavy atom. The molecule has 2 heterocycles. The number of ether oxygens (including phenoxy) is 1. The average Bonchev–Trinajstić information content (AvgIpc) is 3.36. The van der Waals surface area contributed by atoms with Crippen LogP contribution in [0.2, 0.25) is 0 Å². The highest BCUT2D eigenvalue weighted by Gasteiger charge is 2.31. The van der Waals surface area contributed by atoms with Gasteiger partial charge in [-0.3, -0.25) is 9.69 Å². The quantitative estimate of drug-likeness (QED) is 0.354. The van der Waals surface area contributed by atoms with Gasteiger partial charge in [-0.1, -0.05) is 44.2 Å². The molecule has 0 aliphatic rings. The number of rotatable bonds is 10. The van der Waals surface area contributed by atoms with Crippen LogP contribution in [0.4, 0.5) is 0 Å². The van der Waals surface area contributed by atoms with Crippen LogP contribution in [0.1, 0.15) is 63.5 Å². The summed E-state index contributed by atoms with van der Waals surface area (Å²) >= 11 is 0. The first-order valence-corrected chi connectivity index (χ1v) is 12.1. The number of pyridine rings is 1. The van der Waals surface area contributed by atoms with Gasteiger partial charge in [0.05, 0.1) is 18.7 Å². The van der Waals surface area contributed by atoms with Crippen LogP contribution in [0, 0.1) is 0 Å². The molecule has 8 nitrogen and oxygen atoms in total. The first kappa shape index (κ1) is 24.6. The van der Waals surface area contributed by atoms with E-state index in [0.717, 1.165) is 35.3 Å². The van der Waals surface area contributed by atoms with E-state index in [2.05, 4.69) is 65.2 Å². The molecule has 2 aromatic carbocycles. The lowest BCUT2D eigenvalue weighted by molar-refractivity contribution is 0.150. The van der Waals surface area contributed by atoms with E-state index in [4.69, 9.17) is 4.74 Å². The number of hydrogen-bond donors (Lipinski definition) is 1. The number of hydrogen-bond acceptors (Lipinski definition) is 6. The number of tetrazole rings is 1. The fourth-order valence-electron chi connectivity index (χ4n) is 4.37. The molecule has 0 radical (unpaired) electrons. The van der Waals surface area contributed by atoms with Gasteiger partial charge in [0.15, 0.2) is 5.82 Å². The first-order chi connectivity index (χ1) is 16.9. The summed E-state index contributed by atoms with van der Waals surface area (Å²) in [7, 11) is 1.64. The van der Waals surface area contributed by atoms with E-state index >= 15 is 0 Å². The second-order valence-corrected chi connectivity index (χ2v) is 9.51. The lowest BCUT2D eigenvalue weighted by Gasteiger charge is -2.33. The number of nitrogens with one attached hydrogen (secondary N) is 1. The Morgan fingerprint density at radius 2 is 1.86 bits per heavy atom. The van der Waals surface area contributed by atoms with Gasteiger partial charge in [0, 0.05) is 29.6 Å². The van der Waals surface area contributed by atoms with Crippen LogP contribution in [0.5, 0.6) is 5.75 Å². The van der Waals surface area contributed by atoms with Crippen LogP contribution in [0.3, 0.4) is 0 Å². The summed E-state index contributed by atoms with van der Waals surface area (Å²) in [6, 6.07) is 17.8. The zero-order valence-corrected chi connectivity index (χ0v) is 21.2. The molecule has 8 heteroatoms. The van der Waals surface area contributed by atoms with Crippen molar-refractivity contribution in [1.82, 2.24) is 30.1 Å². The van der Waals surface area contributed by atoms with Crippen molar-refractivity contribution >= 4 is 10.9 Å². The fourth-order valence-corrected chi connectivity index (χ4v) is 4.37. The Morgan fingerprint density at radius 1 is 1.09 bits per heavy atom. The molecule has 0 aliphatic carbocycles. The molecular weight excluding hydrogens is 440 g/mol. The molecule has 4 rings (SSSR count). The Hall–Kier alpha value is -3.52. The number of benzene rings is 2. The third kappa shape index (κ3) is 5.27. The van der Waals surface area contributed by atoms with Gasteiger partial charge in [0.1, 0.15) is 5.75 Å². The maximum atomic E-state index is 13.1. The fraction of sp³-hybridized carbons (Fsp3) is 0.407. The molecule has 0 spiro atoms. The minimum atomic E-state index is -0.221. The monoisotopic (exact) mass is 474 g/mol. The van der Waals surface area contributed by atoms with Crippen LogP contribution in [-0.2, 0) is 18.6 Å². The molecule has 0 amide bonds. The van der Waals surface area contributed by atoms with E-state index in [9.17, 15) is 4.79 Å². The van der Waals surface area contributed by atoms with E-state index in [0.29, 0.717) is 18.7 Å². The standard InChI is InChI=1S/C27H34N6O2/c1-6-24(25-29-30-31-33(25)27(3,4)7-2)32(17-19-11-9-8-10-12-19)18-21-15-20-16-22(35-5)13-14-23(20)28-26(21)34/h8-16,24H,6-7,17-18H2,1-5H3,(H,28,34)/t24-/m1/s1. The third-order valence-electron chi connectivity index (χ3n) is 6.79. The summed E-state index contributed by atoms with van der Waals surface area (Å²) in [6.45, 7) is 9.67. The Kier molecular flexibility index (Phi) is 7.31. The topological polar surface area (TPSA) is 88.9 Å². The molecule has 0 saturated heterocycles. The minimum absolute atomic E-state index is 0.0727. The van der Waals surface area contributed by atoms with Crippen molar-refractivity contribution in [2.75, 3.05) is 7.11 Å². The SMILES string of the molecule is CC[C@H](c1nnnn1C(C)(C)CC)N(Cc1ccccc1)Cc1cc2cc(OC)ccc2[nH]c1=O. The molecule has 4 aromatic rings. The molecule has 35 heavy (non-hydrogen) atoms. The van der Waals surface area contributed by atoms with E-state index in [1.165, 1.54) is 5.56 Å². The van der Waals surface area contributed by atoms with Crippen molar-refractivity contribution in [3.05, 3.63) is 81.9 Å². The number of nitrogens with zero attached hydrogens (tertiary/aromatic N) is 5. The summed E-state index contributed by atoms with van der Waals surface area (Å²) in [4.78, 5) is 18.4. The predicted molar refractivity (Wildman–Crippen MR) is 137 cm³/mol. The predicted octanol–water partition coefficient (Wildman–Crippen LogP) is 4.82. The van der Waals surface area contributed by atoms with Crippen molar-refractivity contribution in [3.63, 3.8) is 0 Å². The highest BCUT2D eigenvalue weighted by Crippen LogP contribution is 2.30. The maximum Gasteiger partial charge on any atom is 0.252 e. The normalized spacial score (nSPS) is 12.9. The summed E-state index contributed by atoms with van der Waals surface area (Å²) < 4.78 is 7.32. The van der Waals surface area contributed by atoms with Crippen molar-refractivity contribution in [2.45, 2.75) is 65.2 Å². The van der Waals surface area contributed by atoms with Crippen LogP contribution in [0.15, 0.2) is 59.4 Å². The first-order valence-electron chi connectivity index (χ1n) is 12.1. The van der Waals surface area contributed by atoms with Crippen molar-refractivity contribution in [2.24, 2.45) is 0 Å². The Labute approximate surface area is 205 Å². The zero-order valence-electron chi connectivity index (χ0n) is 21.2. The van der Waals surface area contributed by atoms with E-state index in [1.54, 1.807) is 7.11 Å². The summed E-state index contributed by atoms with van der Waals surface area (Å²) in [6.07, 6.45) is 1.69. The van der Waals surface area contributed by atoms with Crippen molar-refractivity contribution < 1.29 is 4.74 Å². The number of fused-ring (bicyclic) bond motifs is 1. The highest BCUT2D eigenvalue weighted by atomic mass is 16.5. The number of methoxy groups -OCH3 is 1. The van der Waals surface area contributed by atoms with Gasteiger partial charge in [-0.15, -0.1) is 5.10 Å². The van der Waals surface area contributed by atoms with Gasteiger partial charge in [0.25, 0.3) is 5.56 Å². The smallest absolute Gasteiger partial charge is 0.252 e. The van der Waals surface area contributed by atoms with Crippen LogP contribution in [0.25, 0.3) is 10.9 Å². The minimum Gasteiger partial charge on any atom is -0.497 e. The molecule has 0 saturated carbocycles. The lowest BCUT2D eigenvalue weighted by atomic mass is 10.0.